The van der Waals surface area contributed by atoms with Gasteiger partial charge in [-0.15, -0.1) is 11.3 Å². The molecular weight excluding hydrogens is 246 g/mol. The Kier molecular flexibility index (Phi) is 2.94. The molecule has 0 saturated carbocycles. The molecule has 0 bridgehead atoms. The number of likely N-dealkylation sites (tertiary alicyclic amines) is 1. The number of rotatable bonds is 2. The third-order valence-corrected chi connectivity index (χ3v) is 4.25. The molecule has 5 heteroatoms. The van der Waals surface area contributed by atoms with Gasteiger partial charge in [0.15, 0.2) is 5.79 Å². The van der Waals surface area contributed by atoms with Crippen molar-refractivity contribution >= 4 is 22.9 Å². The van der Waals surface area contributed by atoms with Gasteiger partial charge >= 0.3 is 0 Å². The molecule has 0 unspecified atom stereocenters. The first kappa shape index (κ1) is 11.0. The van der Waals surface area contributed by atoms with Gasteiger partial charge in [-0.25, -0.2) is 0 Å². The molecule has 2 aliphatic heterocycles. The van der Waals surface area contributed by atoms with E-state index in [2.05, 4.69) is 10.3 Å². The van der Waals surface area contributed by atoms with Crippen molar-refractivity contribution in [2.45, 2.75) is 18.8 Å². The van der Waals surface area contributed by atoms with Crippen molar-refractivity contribution in [3.63, 3.8) is 0 Å². The molecule has 2 fully saturated rings. The summed E-state index contributed by atoms with van der Waals surface area (Å²) in [5.74, 6) is -0.306. The molecular formula is C11H14ClNO2S. The van der Waals surface area contributed by atoms with Crippen LogP contribution < -0.4 is 0 Å². The molecule has 3 rings (SSSR count). The molecule has 1 aromatic heterocycles. The van der Waals surface area contributed by atoms with E-state index in [9.17, 15) is 0 Å². The monoisotopic (exact) mass is 259 g/mol. The Bertz CT molecular complexity index is 376. The Balaban J connectivity index is 1.61. The summed E-state index contributed by atoms with van der Waals surface area (Å²) in [6, 6.07) is 2.04. The van der Waals surface area contributed by atoms with Crippen molar-refractivity contribution in [1.29, 1.82) is 0 Å². The van der Waals surface area contributed by atoms with Crippen LogP contribution in [0, 0.1) is 0 Å². The van der Waals surface area contributed by atoms with Gasteiger partial charge in [-0.3, -0.25) is 4.90 Å². The van der Waals surface area contributed by atoms with Gasteiger partial charge in [0.1, 0.15) is 0 Å². The van der Waals surface area contributed by atoms with Gasteiger partial charge in [0.25, 0.3) is 0 Å². The maximum absolute atomic E-state index is 5.92. The first-order chi connectivity index (χ1) is 7.76. The zero-order valence-corrected chi connectivity index (χ0v) is 10.5. The van der Waals surface area contributed by atoms with Crippen LogP contribution in [0.4, 0.5) is 0 Å². The highest BCUT2D eigenvalue weighted by atomic mass is 35.5. The Morgan fingerprint density at radius 1 is 1.44 bits per heavy atom. The van der Waals surface area contributed by atoms with Gasteiger partial charge in [0.2, 0.25) is 0 Å². The second-order valence-electron chi connectivity index (χ2n) is 4.33. The lowest BCUT2D eigenvalue weighted by Crippen LogP contribution is -2.33. The van der Waals surface area contributed by atoms with E-state index in [0.29, 0.717) is 0 Å². The van der Waals surface area contributed by atoms with Crippen LogP contribution in [0.5, 0.6) is 0 Å². The van der Waals surface area contributed by atoms with Crippen molar-refractivity contribution in [2.75, 3.05) is 26.3 Å². The largest absolute Gasteiger partial charge is 0.346 e. The van der Waals surface area contributed by atoms with Gasteiger partial charge in [-0.05, 0) is 17.0 Å². The topological polar surface area (TPSA) is 21.7 Å². The molecule has 88 valence electrons. The average molecular weight is 260 g/mol. The third-order valence-electron chi connectivity index (χ3n) is 3.11. The Morgan fingerprint density at radius 3 is 2.94 bits per heavy atom. The highest BCUT2D eigenvalue weighted by Crippen LogP contribution is 2.31. The van der Waals surface area contributed by atoms with Crippen LogP contribution in [0.25, 0.3) is 0 Å². The summed E-state index contributed by atoms with van der Waals surface area (Å²) in [6.45, 7) is 4.32. The van der Waals surface area contributed by atoms with E-state index in [4.69, 9.17) is 21.1 Å². The summed E-state index contributed by atoms with van der Waals surface area (Å²) >= 11 is 7.50. The first-order valence-electron chi connectivity index (χ1n) is 5.49. The number of nitrogens with zero attached hydrogens (tertiary/aromatic N) is 1. The minimum Gasteiger partial charge on any atom is -0.346 e. The number of hydrogen-bond acceptors (Lipinski definition) is 4. The Labute approximate surface area is 104 Å². The van der Waals surface area contributed by atoms with Crippen LogP contribution in [0.1, 0.15) is 12.0 Å². The van der Waals surface area contributed by atoms with Crippen molar-refractivity contribution in [2.24, 2.45) is 0 Å². The van der Waals surface area contributed by atoms with E-state index in [-0.39, 0.29) is 5.79 Å². The molecule has 0 atom stereocenters. The summed E-state index contributed by atoms with van der Waals surface area (Å²) in [6.07, 6.45) is 0.977. The highest BCUT2D eigenvalue weighted by Gasteiger charge is 2.43. The molecule has 3 heterocycles. The zero-order chi connectivity index (χ0) is 11.0. The number of thiophene rings is 1. The van der Waals surface area contributed by atoms with Gasteiger partial charge in [-0.2, -0.15) is 0 Å². The molecule has 0 aliphatic carbocycles. The van der Waals surface area contributed by atoms with Gasteiger partial charge < -0.3 is 9.47 Å². The SMILES string of the molecule is Clc1cc(CN2CCC3(C2)OCCO3)cs1. The standard InChI is InChI=1S/C11H14ClNO2S/c12-10-5-9(7-16-10)6-13-2-1-11(8-13)14-3-4-15-11/h5,7H,1-4,6,8H2. The summed E-state index contributed by atoms with van der Waals surface area (Å²) < 4.78 is 12.2. The molecule has 0 radical (unpaired) electrons. The second-order valence-corrected chi connectivity index (χ2v) is 5.87. The highest BCUT2D eigenvalue weighted by molar-refractivity contribution is 7.14. The maximum atomic E-state index is 5.92. The van der Waals surface area contributed by atoms with Gasteiger partial charge in [0, 0.05) is 19.5 Å². The lowest BCUT2D eigenvalue weighted by Gasteiger charge is -2.22. The number of halogens is 1. The minimum absolute atomic E-state index is 0.306. The summed E-state index contributed by atoms with van der Waals surface area (Å²) in [7, 11) is 0. The number of ether oxygens (including phenoxy) is 2. The average Bonchev–Trinajstić information content (AvgIpc) is 2.94. The van der Waals surface area contributed by atoms with E-state index in [1.807, 2.05) is 6.07 Å². The molecule has 16 heavy (non-hydrogen) atoms. The maximum Gasteiger partial charge on any atom is 0.182 e. The van der Waals surface area contributed by atoms with E-state index >= 15 is 0 Å². The summed E-state index contributed by atoms with van der Waals surface area (Å²) in [4.78, 5) is 2.36. The Hall–Kier alpha value is -0.130. The Morgan fingerprint density at radius 2 is 2.25 bits per heavy atom. The van der Waals surface area contributed by atoms with E-state index in [1.54, 1.807) is 11.3 Å². The summed E-state index contributed by atoms with van der Waals surface area (Å²) in [5.41, 5.74) is 1.28. The smallest absolute Gasteiger partial charge is 0.182 e. The van der Waals surface area contributed by atoms with Crippen LogP contribution in [0.3, 0.4) is 0 Å². The molecule has 2 saturated heterocycles. The molecule has 3 nitrogen and oxygen atoms in total. The van der Waals surface area contributed by atoms with E-state index < -0.39 is 0 Å². The third kappa shape index (κ3) is 2.13. The predicted octanol–water partition coefficient (Wildman–Crippen LogP) is 2.35. The van der Waals surface area contributed by atoms with Crippen molar-refractivity contribution in [3.8, 4) is 0 Å². The fourth-order valence-electron chi connectivity index (χ4n) is 2.38. The van der Waals surface area contributed by atoms with Crippen LogP contribution in [0.15, 0.2) is 11.4 Å². The second kappa shape index (κ2) is 4.27. The summed E-state index contributed by atoms with van der Waals surface area (Å²) in [5, 5.41) is 2.11. The van der Waals surface area contributed by atoms with Crippen LogP contribution in [0.2, 0.25) is 4.34 Å². The van der Waals surface area contributed by atoms with Gasteiger partial charge in [0.05, 0.1) is 24.1 Å². The number of hydrogen-bond donors (Lipinski definition) is 0. The molecule has 1 spiro atoms. The van der Waals surface area contributed by atoms with Gasteiger partial charge in [-0.1, -0.05) is 11.6 Å². The van der Waals surface area contributed by atoms with E-state index in [0.717, 1.165) is 43.6 Å². The van der Waals surface area contributed by atoms with Crippen molar-refractivity contribution < 1.29 is 9.47 Å². The lowest BCUT2D eigenvalue weighted by molar-refractivity contribution is -0.145. The lowest BCUT2D eigenvalue weighted by atomic mass is 10.2. The van der Waals surface area contributed by atoms with Crippen LogP contribution in [-0.2, 0) is 16.0 Å². The minimum atomic E-state index is -0.306. The van der Waals surface area contributed by atoms with Crippen molar-refractivity contribution in [3.05, 3.63) is 21.3 Å². The molecule has 1 aromatic rings. The van der Waals surface area contributed by atoms with Crippen molar-refractivity contribution in [1.82, 2.24) is 4.90 Å². The molecule has 2 aliphatic rings. The normalized spacial score (nSPS) is 24.6. The van der Waals surface area contributed by atoms with Crippen LogP contribution in [-0.4, -0.2) is 37.0 Å². The molecule has 0 N–H and O–H groups in total. The fourth-order valence-corrected chi connectivity index (χ4v) is 3.28. The fraction of sp³-hybridized carbons (Fsp3) is 0.636. The zero-order valence-electron chi connectivity index (χ0n) is 8.95. The predicted molar refractivity (Wildman–Crippen MR) is 63.9 cm³/mol. The molecule has 0 aromatic carbocycles. The first-order valence-corrected chi connectivity index (χ1v) is 6.75. The molecule has 0 amide bonds. The van der Waals surface area contributed by atoms with E-state index in [1.165, 1.54) is 5.56 Å². The van der Waals surface area contributed by atoms with Crippen LogP contribution >= 0.6 is 22.9 Å². The quantitative estimate of drug-likeness (QED) is 0.814.